The summed E-state index contributed by atoms with van der Waals surface area (Å²) < 4.78 is 36.7. The third-order valence-corrected chi connectivity index (χ3v) is 1.68. The molecule has 0 unspecified atom stereocenters. The Morgan fingerprint density at radius 3 is 2.33 bits per heavy atom. The first-order chi connectivity index (χ1) is 6.86. The van der Waals surface area contributed by atoms with Crippen LogP contribution in [-0.2, 0) is 6.18 Å². The van der Waals surface area contributed by atoms with Crippen LogP contribution in [0, 0.1) is 10.1 Å². The molecule has 1 rings (SSSR count). The van der Waals surface area contributed by atoms with E-state index >= 15 is 0 Å². The minimum absolute atomic E-state index is 0.0597. The SMILES string of the molecule is O=Cc1cc([N+](=O)[O-])ccc1C(F)(F)F. The number of hydrogen-bond acceptors (Lipinski definition) is 3. The zero-order chi connectivity index (χ0) is 11.6. The summed E-state index contributed by atoms with van der Waals surface area (Å²) in [6.45, 7) is 0. The van der Waals surface area contributed by atoms with Crippen LogP contribution in [0.3, 0.4) is 0 Å². The zero-order valence-corrected chi connectivity index (χ0v) is 7.12. The Kier molecular flexibility index (Phi) is 2.74. The summed E-state index contributed by atoms with van der Waals surface area (Å²) in [4.78, 5) is 19.7. The smallest absolute Gasteiger partial charge is 0.298 e. The highest BCUT2D eigenvalue weighted by molar-refractivity contribution is 5.79. The van der Waals surface area contributed by atoms with Crippen molar-refractivity contribution >= 4 is 12.0 Å². The highest BCUT2D eigenvalue weighted by Gasteiger charge is 2.34. The lowest BCUT2D eigenvalue weighted by Crippen LogP contribution is -2.09. The number of halogens is 3. The van der Waals surface area contributed by atoms with E-state index in [1.807, 2.05) is 0 Å². The Labute approximate surface area is 81.5 Å². The summed E-state index contributed by atoms with van der Waals surface area (Å²) in [6, 6.07) is 1.81. The van der Waals surface area contributed by atoms with Gasteiger partial charge in [0, 0.05) is 17.7 Å². The van der Waals surface area contributed by atoms with Crippen molar-refractivity contribution in [3.8, 4) is 0 Å². The van der Waals surface area contributed by atoms with E-state index in [4.69, 9.17) is 0 Å². The van der Waals surface area contributed by atoms with Gasteiger partial charge in [0.05, 0.1) is 10.5 Å². The molecule has 0 aromatic heterocycles. The van der Waals surface area contributed by atoms with Gasteiger partial charge >= 0.3 is 6.18 Å². The van der Waals surface area contributed by atoms with Crippen molar-refractivity contribution in [2.45, 2.75) is 6.18 Å². The number of rotatable bonds is 2. The zero-order valence-electron chi connectivity index (χ0n) is 7.12. The van der Waals surface area contributed by atoms with Crippen LogP contribution in [0.5, 0.6) is 0 Å². The molecule has 0 bridgehead atoms. The fourth-order valence-electron chi connectivity index (χ4n) is 1.02. The predicted molar refractivity (Wildman–Crippen MR) is 43.5 cm³/mol. The normalized spacial score (nSPS) is 11.1. The van der Waals surface area contributed by atoms with E-state index in [9.17, 15) is 28.1 Å². The molecule has 0 atom stereocenters. The molecule has 1 aromatic rings. The van der Waals surface area contributed by atoms with Gasteiger partial charge in [-0.15, -0.1) is 0 Å². The second-order valence-corrected chi connectivity index (χ2v) is 2.64. The quantitative estimate of drug-likeness (QED) is 0.436. The van der Waals surface area contributed by atoms with E-state index in [-0.39, 0.29) is 6.29 Å². The molecule has 0 saturated heterocycles. The van der Waals surface area contributed by atoms with Crippen molar-refractivity contribution in [1.29, 1.82) is 0 Å². The minimum atomic E-state index is -4.69. The van der Waals surface area contributed by atoms with Gasteiger partial charge in [-0.2, -0.15) is 13.2 Å². The lowest BCUT2D eigenvalue weighted by Gasteiger charge is -2.08. The van der Waals surface area contributed by atoms with Crippen molar-refractivity contribution in [2.24, 2.45) is 0 Å². The van der Waals surface area contributed by atoms with Crippen molar-refractivity contribution in [1.82, 2.24) is 0 Å². The van der Waals surface area contributed by atoms with E-state index in [0.717, 1.165) is 0 Å². The van der Waals surface area contributed by atoms with Gasteiger partial charge in [0.15, 0.2) is 6.29 Å². The van der Waals surface area contributed by atoms with Gasteiger partial charge in [-0.05, 0) is 6.07 Å². The Bertz CT molecular complexity index is 414. The van der Waals surface area contributed by atoms with Gasteiger partial charge in [-0.1, -0.05) is 0 Å². The van der Waals surface area contributed by atoms with Crippen LogP contribution in [0.1, 0.15) is 15.9 Å². The molecule has 80 valence electrons. The second kappa shape index (κ2) is 3.68. The van der Waals surface area contributed by atoms with Crippen LogP contribution in [0.4, 0.5) is 18.9 Å². The van der Waals surface area contributed by atoms with Gasteiger partial charge in [-0.25, -0.2) is 0 Å². The molecule has 0 radical (unpaired) electrons. The van der Waals surface area contributed by atoms with E-state index in [1.54, 1.807) is 0 Å². The molecule has 0 spiro atoms. The Balaban J connectivity index is 3.33. The molecule has 1 aromatic carbocycles. The molecule has 0 N–H and O–H groups in total. The lowest BCUT2D eigenvalue weighted by molar-refractivity contribution is -0.384. The first kappa shape index (κ1) is 11.2. The largest absolute Gasteiger partial charge is 0.417 e. The van der Waals surface area contributed by atoms with Gasteiger partial charge in [-0.3, -0.25) is 14.9 Å². The third kappa shape index (κ3) is 2.30. The standard InChI is InChI=1S/C8H4F3NO3/c9-8(10,11)7-2-1-6(12(14)15)3-5(7)4-13/h1-4H. The Morgan fingerprint density at radius 2 is 1.93 bits per heavy atom. The molecule has 0 fully saturated rings. The van der Waals surface area contributed by atoms with Gasteiger partial charge in [0.1, 0.15) is 0 Å². The lowest BCUT2D eigenvalue weighted by atomic mass is 10.1. The van der Waals surface area contributed by atoms with Crippen LogP contribution < -0.4 is 0 Å². The number of carbonyl (C=O) groups excluding carboxylic acids is 1. The van der Waals surface area contributed by atoms with Crippen LogP contribution >= 0.6 is 0 Å². The van der Waals surface area contributed by atoms with E-state index in [2.05, 4.69) is 0 Å². The fraction of sp³-hybridized carbons (Fsp3) is 0.125. The molecule has 0 aliphatic carbocycles. The van der Waals surface area contributed by atoms with E-state index in [0.29, 0.717) is 18.2 Å². The van der Waals surface area contributed by atoms with Crippen molar-refractivity contribution in [3.05, 3.63) is 39.4 Å². The summed E-state index contributed by atoms with van der Waals surface area (Å²) in [5.74, 6) is 0. The maximum Gasteiger partial charge on any atom is 0.417 e. The molecule has 4 nitrogen and oxygen atoms in total. The molecule has 0 heterocycles. The number of non-ortho nitro benzene ring substituents is 1. The second-order valence-electron chi connectivity index (χ2n) is 2.64. The summed E-state index contributed by atoms with van der Waals surface area (Å²) in [7, 11) is 0. The molecular formula is C8H4F3NO3. The minimum Gasteiger partial charge on any atom is -0.298 e. The Morgan fingerprint density at radius 1 is 1.33 bits per heavy atom. The van der Waals surface area contributed by atoms with E-state index < -0.39 is 27.9 Å². The summed E-state index contributed by atoms with van der Waals surface area (Å²) in [5.41, 5.74) is -2.47. The molecule has 0 aliphatic rings. The molecule has 7 heteroatoms. The van der Waals surface area contributed by atoms with Crippen LogP contribution in [0.15, 0.2) is 18.2 Å². The topological polar surface area (TPSA) is 60.2 Å². The third-order valence-electron chi connectivity index (χ3n) is 1.68. The van der Waals surface area contributed by atoms with Crippen molar-refractivity contribution < 1.29 is 22.9 Å². The molecule has 0 aliphatic heterocycles. The summed E-state index contributed by atoms with van der Waals surface area (Å²) >= 11 is 0. The van der Waals surface area contributed by atoms with Gasteiger partial charge < -0.3 is 0 Å². The van der Waals surface area contributed by atoms with Crippen LogP contribution in [0.25, 0.3) is 0 Å². The number of benzene rings is 1. The highest BCUT2D eigenvalue weighted by atomic mass is 19.4. The average Bonchev–Trinajstić information content (AvgIpc) is 2.15. The van der Waals surface area contributed by atoms with E-state index in [1.165, 1.54) is 0 Å². The fourth-order valence-corrected chi connectivity index (χ4v) is 1.02. The average molecular weight is 219 g/mol. The molecular weight excluding hydrogens is 215 g/mol. The number of nitrogens with zero attached hydrogens (tertiary/aromatic N) is 1. The van der Waals surface area contributed by atoms with Crippen molar-refractivity contribution in [2.75, 3.05) is 0 Å². The number of aldehydes is 1. The maximum atomic E-state index is 12.2. The highest BCUT2D eigenvalue weighted by Crippen LogP contribution is 2.32. The van der Waals surface area contributed by atoms with Crippen LogP contribution in [-0.4, -0.2) is 11.2 Å². The number of nitro groups is 1. The van der Waals surface area contributed by atoms with Gasteiger partial charge in [0.25, 0.3) is 5.69 Å². The number of carbonyl (C=O) groups is 1. The number of alkyl halides is 3. The first-order valence-corrected chi connectivity index (χ1v) is 3.67. The van der Waals surface area contributed by atoms with Crippen LogP contribution in [0.2, 0.25) is 0 Å². The number of nitro benzene ring substituents is 1. The molecule has 0 saturated carbocycles. The summed E-state index contributed by atoms with van der Waals surface area (Å²) in [6.07, 6.45) is -4.75. The first-order valence-electron chi connectivity index (χ1n) is 3.67. The van der Waals surface area contributed by atoms with Crippen molar-refractivity contribution in [3.63, 3.8) is 0 Å². The number of hydrogen-bond donors (Lipinski definition) is 0. The van der Waals surface area contributed by atoms with Gasteiger partial charge in [0.2, 0.25) is 0 Å². The predicted octanol–water partition coefficient (Wildman–Crippen LogP) is 2.43. The maximum absolute atomic E-state index is 12.2. The summed E-state index contributed by atoms with van der Waals surface area (Å²) in [5, 5.41) is 10.2. The monoisotopic (exact) mass is 219 g/mol. The Hall–Kier alpha value is -1.92. The molecule has 0 amide bonds. The molecule has 15 heavy (non-hydrogen) atoms.